The summed E-state index contributed by atoms with van der Waals surface area (Å²) in [6.45, 7) is 0. The Morgan fingerprint density at radius 1 is 0.533 bits per heavy atom. The van der Waals surface area contributed by atoms with Crippen LogP contribution in [0.1, 0.15) is 11.1 Å². The fourth-order valence-corrected chi connectivity index (χ4v) is 1.29. The van der Waals surface area contributed by atoms with Gasteiger partial charge in [0.25, 0.3) is 0 Å². The fourth-order valence-electron chi connectivity index (χ4n) is 1.29. The Hall–Kier alpha value is -2.02. The van der Waals surface area contributed by atoms with Crippen LogP contribution < -0.4 is 0 Å². The maximum Gasteiger partial charge on any atom is 0.0981 e. The smallest absolute Gasteiger partial charge is 0.0981 e. The third-order valence-corrected chi connectivity index (χ3v) is 2.05. The Bertz CT molecular complexity index is 413. The maximum absolute atomic E-state index is 5.16. The van der Waals surface area contributed by atoms with Gasteiger partial charge in [0.2, 0.25) is 0 Å². The summed E-state index contributed by atoms with van der Waals surface area (Å²) in [5, 5.41) is 0. The van der Waals surface area contributed by atoms with Crippen LogP contribution in [-0.2, 0) is 0 Å². The van der Waals surface area contributed by atoms with Gasteiger partial charge in [-0.25, -0.2) is 0 Å². The van der Waals surface area contributed by atoms with Crippen molar-refractivity contribution < 1.29 is 4.42 Å². The molecule has 1 aliphatic rings. The van der Waals surface area contributed by atoms with Gasteiger partial charge in [-0.1, -0.05) is 60.8 Å². The van der Waals surface area contributed by atoms with Crippen molar-refractivity contribution in [1.29, 1.82) is 0 Å². The molecule has 0 saturated carbocycles. The van der Waals surface area contributed by atoms with E-state index in [0.717, 1.165) is 11.1 Å². The van der Waals surface area contributed by atoms with E-state index in [1.807, 2.05) is 60.8 Å². The normalized spacial score (nSPS) is 25.3. The average molecular weight is 196 g/mol. The number of furan rings is 1. The molecule has 15 heavy (non-hydrogen) atoms. The van der Waals surface area contributed by atoms with E-state index in [2.05, 4.69) is 0 Å². The van der Waals surface area contributed by atoms with Gasteiger partial charge in [-0.15, -0.1) is 0 Å². The zero-order valence-electron chi connectivity index (χ0n) is 8.34. The Morgan fingerprint density at radius 3 is 1.40 bits per heavy atom. The van der Waals surface area contributed by atoms with Crippen LogP contribution in [-0.4, -0.2) is 0 Å². The van der Waals surface area contributed by atoms with Crippen LogP contribution in [0, 0.1) is 0 Å². The lowest BCUT2D eigenvalue weighted by Crippen LogP contribution is -1.70. The molecular weight excluding hydrogens is 184 g/mol. The van der Waals surface area contributed by atoms with Crippen molar-refractivity contribution in [2.45, 2.75) is 0 Å². The molecule has 0 saturated heterocycles. The lowest BCUT2D eigenvalue weighted by Gasteiger charge is -1.88. The molecule has 0 radical (unpaired) electrons. The molecule has 0 aliphatic heterocycles. The molecule has 0 spiro atoms. The lowest BCUT2D eigenvalue weighted by atomic mass is 10.1. The minimum absolute atomic E-state index is 1.09. The SMILES string of the molecule is C1=C\C=C\c2cocc2/C=C/C=C/C=C/1. The van der Waals surface area contributed by atoms with E-state index in [4.69, 9.17) is 4.42 Å². The van der Waals surface area contributed by atoms with E-state index in [0.29, 0.717) is 0 Å². The zero-order valence-corrected chi connectivity index (χ0v) is 8.34. The first-order valence-electron chi connectivity index (χ1n) is 4.88. The molecule has 1 aliphatic carbocycles. The van der Waals surface area contributed by atoms with Gasteiger partial charge in [0.05, 0.1) is 12.5 Å². The lowest BCUT2D eigenvalue weighted by molar-refractivity contribution is 0.566. The Balaban J connectivity index is 2.34. The van der Waals surface area contributed by atoms with E-state index in [9.17, 15) is 0 Å². The highest BCUT2D eigenvalue weighted by Crippen LogP contribution is 2.14. The molecule has 2 rings (SSSR count). The van der Waals surface area contributed by atoms with E-state index in [1.54, 1.807) is 12.5 Å². The topological polar surface area (TPSA) is 13.1 Å². The third-order valence-electron chi connectivity index (χ3n) is 2.05. The van der Waals surface area contributed by atoms with Crippen molar-refractivity contribution in [1.82, 2.24) is 0 Å². The van der Waals surface area contributed by atoms with Crippen LogP contribution in [0.15, 0.2) is 65.6 Å². The summed E-state index contributed by atoms with van der Waals surface area (Å²) in [4.78, 5) is 0. The van der Waals surface area contributed by atoms with E-state index >= 15 is 0 Å². The molecule has 1 heteroatoms. The van der Waals surface area contributed by atoms with Gasteiger partial charge < -0.3 is 4.42 Å². The monoisotopic (exact) mass is 196 g/mol. The third kappa shape index (κ3) is 2.71. The molecule has 0 atom stereocenters. The quantitative estimate of drug-likeness (QED) is 0.611. The molecule has 1 aromatic rings. The van der Waals surface area contributed by atoms with Gasteiger partial charge >= 0.3 is 0 Å². The first-order valence-corrected chi connectivity index (χ1v) is 4.88. The van der Waals surface area contributed by atoms with Gasteiger partial charge in [0, 0.05) is 11.1 Å². The summed E-state index contributed by atoms with van der Waals surface area (Å²) in [6.07, 6.45) is 23.5. The number of allylic oxidation sites excluding steroid dienone is 8. The van der Waals surface area contributed by atoms with Crippen molar-refractivity contribution in [2.75, 3.05) is 0 Å². The minimum Gasteiger partial charge on any atom is -0.471 e. The number of hydrogen-bond donors (Lipinski definition) is 0. The molecule has 1 aromatic heterocycles. The molecule has 0 aromatic carbocycles. The van der Waals surface area contributed by atoms with Gasteiger partial charge in [0.15, 0.2) is 0 Å². The Kier molecular flexibility index (Phi) is 3.18. The molecule has 0 unspecified atom stereocenters. The molecule has 0 N–H and O–H groups in total. The Labute approximate surface area is 89.4 Å². The van der Waals surface area contributed by atoms with Crippen molar-refractivity contribution in [3.05, 3.63) is 72.3 Å². The summed E-state index contributed by atoms with van der Waals surface area (Å²) in [7, 11) is 0. The van der Waals surface area contributed by atoms with Crippen LogP contribution in [0.25, 0.3) is 12.2 Å². The van der Waals surface area contributed by atoms with Crippen molar-refractivity contribution in [2.24, 2.45) is 0 Å². The van der Waals surface area contributed by atoms with Gasteiger partial charge in [-0.3, -0.25) is 0 Å². The van der Waals surface area contributed by atoms with Crippen LogP contribution in [0.5, 0.6) is 0 Å². The minimum atomic E-state index is 1.09. The van der Waals surface area contributed by atoms with Crippen LogP contribution in [0.4, 0.5) is 0 Å². The second-order valence-electron chi connectivity index (χ2n) is 3.16. The molecule has 74 valence electrons. The summed E-state index contributed by atoms with van der Waals surface area (Å²) >= 11 is 0. The summed E-state index contributed by atoms with van der Waals surface area (Å²) in [5.74, 6) is 0. The standard InChI is InChI=1S/C14H12O/c1-2-4-6-8-10-14-12-15-11-13(14)9-7-5-3-1/h1-12H/b2-1+,5-3-,6-4+,9-7+,10-8+. The fraction of sp³-hybridized carbons (Fsp3) is 0. The Morgan fingerprint density at radius 2 is 0.933 bits per heavy atom. The zero-order chi connectivity index (χ0) is 10.3. The van der Waals surface area contributed by atoms with E-state index in [1.165, 1.54) is 0 Å². The van der Waals surface area contributed by atoms with Gasteiger partial charge in [-0.05, 0) is 0 Å². The first-order chi connectivity index (χ1) is 7.47. The average Bonchev–Trinajstić information content (AvgIpc) is 2.65. The first kappa shape index (κ1) is 9.53. The molecule has 1 nitrogen and oxygen atoms in total. The number of fused-ring (bicyclic) bond motifs is 1. The maximum atomic E-state index is 5.16. The highest BCUT2D eigenvalue weighted by atomic mass is 16.3. The highest BCUT2D eigenvalue weighted by Gasteiger charge is 1.96. The largest absolute Gasteiger partial charge is 0.471 e. The molecule has 1 heterocycles. The van der Waals surface area contributed by atoms with Gasteiger partial charge in [0.1, 0.15) is 0 Å². The second-order valence-corrected chi connectivity index (χ2v) is 3.16. The predicted molar refractivity (Wildman–Crippen MR) is 64.2 cm³/mol. The van der Waals surface area contributed by atoms with E-state index < -0.39 is 0 Å². The van der Waals surface area contributed by atoms with Crippen LogP contribution in [0.2, 0.25) is 0 Å². The molecular formula is C14H12O. The molecule has 0 fully saturated rings. The number of hydrogen-bond acceptors (Lipinski definition) is 1. The summed E-state index contributed by atoms with van der Waals surface area (Å²) in [6, 6.07) is 0. The molecule has 0 amide bonds. The number of rotatable bonds is 0. The van der Waals surface area contributed by atoms with Gasteiger partial charge in [-0.2, -0.15) is 0 Å². The van der Waals surface area contributed by atoms with E-state index in [-0.39, 0.29) is 0 Å². The predicted octanol–water partition coefficient (Wildman–Crippen LogP) is 3.99. The summed E-state index contributed by atoms with van der Waals surface area (Å²) in [5.41, 5.74) is 2.18. The van der Waals surface area contributed by atoms with Crippen molar-refractivity contribution in [3.63, 3.8) is 0 Å². The van der Waals surface area contributed by atoms with Crippen molar-refractivity contribution >= 4 is 12.2 Å². The van der Waals surface area contributed by atoms with Crippen LogP contribution in [0.3, 0.4) is 0 Å². The highest BCUT2D eigenvalue weighted by molar-refractivity contribution is 5.65. The summed E-state index contributed by atoms with van der Waals surface area (Å²) < 4.78 is 5.16. The van der Waals surface area contributed by atoms with Crippen LogP contribution >= 0.6 is 0 Å². The second kappa shape index (κ2) is 5.01. The molecule has 0 bridgehead atoms. The van der Waals surface area contributed by atoms with Crippen molar-refractivity contribution in [3.8, 4) is 0 Å².